The lowest BCUT2D eigenvalue weighted by atomic mass is 10.1. The summed E-state index contributed by atoms with van der Waals surface area (Å²) < 4.78 is 10.2. The number of nitro benzene ring substituents is 1. The number of anilines is 2. The van der Waals surface area contributed by atoms with Crippen LogP contribution in [0.4, 0.5) is 16.4 Å². The highest BCUT2D eigenvalue weighted by atomic mass is 32.1. The number of esters is 1. The van der Waals surface area contributed by atoms with E-state index in [2.05, 4.69) is 10.6 Å². The minimum absolute atomic E-state index is 0.0962. The van der Waals surface area contributed by atoms with Crippen LogP contribution in [0.15, 0.2) is 54.6 Å². The first-order valence-electron chi connectivity index (χ1n) is 9.19. The first-order valence-corrected chi connectivity index (χ1v) is 10.4. The van der Waals surface area contributed by atoms with E-state index in [-0.39, 0.29) is 16.5 Å². The van der Waals surface area contributed by atoms with E-state index >= 15 is 0 Å². The van der Waals surface area contributed by atoms with Crippen molar-refractivity contribution in [3.8, 4) is 16.2 Å². The van der Waals surface area contributed by atoms with E-state index in [9.17, 15) is 14.9 Å². The van der Waals surface area contributed by atoms with Gasteiger partial charge in [0.25, 0.3) is 5.69 Å². The lowest BCUT2D eigenvalue weighted by Gasteiger charge is -2.11. The fraction of sp³-hybridized carbons (Fsp3) is 0.143. The minimum Gasteiger partial charge on any atom is -0.494 e. The molecule has 0 unspecified atom stereocenters. The standard InChI is InChI=1S/C21H19N3O5S2/c1-3-29-14-9-10-16(17(11-14)24(26)27)22-21(30)23-19-15(20(25)28-2)12-18(31-19)13-7-5-4-6-8-13/h4-12H,3H2,1-2H3,(H2,22,23,30). The fourth-order valence-electron chi connectivity index (χ4n) is 2.77. The smallest absolute Gasteiger partial charge is 0.340 e. The van der Waals surface area contributed by atoms with Crippen molar-refractivity contribution in [3.05, 3.63) is 70.3 Å². The summed E-state index contributed by atoms with van der Waals surface area (Å²) >= 11 is 6.66. The van der Waals surface area contributed by atoms with Gasteiger partial charge in [-0.25, -0.2) is 4.79 Å². The van der Waals surface area contributed by atoms with Gasteiger partial charge in [0.1, 0.15) is 16.4 Å². The molecule has 0 spiro atoms. The number of benzene rings is 2. The van der Waals surface area contributed by atoms with Gasteiger partial charge in [0, 0.05) is 4.88 Å². The maximum atomic E-state index is 12.2. The molecule has 3 aromatic rings. The molecule has 2 aromatic carbocycles. The molecule has 8 nitrogen and oxygen atoms in total. The highest BCUT2D eigenvalue weighted by Gasteiger charge is 2.20. The Morgan fingerprint density at radius 3 is 2.55 bits per heavy atom. The number of rotatable bonds is 7. The molecule has 0 aliphatic carbocycles. The van der Waals surface area contributed by atoms with E-state index in [1.807, 2.05) is 30.3 Å². The first-order chi connectivity index (χ1) is 14.9. The fourth-order valence-corrected chi connectivity index (χ4v) is 4.10. The summed E-state index contributed by atoms with van der Waals surface area (Å²) in [6.45, 7) is 2.18. The zero-order valence-electron chi connectivity index (χ0n) is 16.7. The lowest BCUT2D eigenvalue weighted by Crippen LogP contribution is -2.20. The molecule has 0 saturated heterocycles. The quantitative estimate of drug-likeness (QED) is 0.213. The number of methoxy groups -OCH3 is 1. The maximum Gasteiger partial charge on any atom is 0.340 e. The maximum absolute atomic E-state index is 12.2. The van der Waals surface area contributed by atoms with Gasteiger partial charge in [-0.3, -0.25) is 10.1 Å². The van der Waals surface area contributed by atoms with Gasteiger partial charge in [0.15, 0.2) is 5.11 Å². The average Bonchev–Trinajstić information content (AvgIpc) is 3.18. The van der Waals surface area contributed by atoms with Gasteiger partial charge in [-0.1, -0.05) is 30.3 Å². The van der Waals surface area contributed by atoms with Crippen LogP contribution in [-0.2, 0) is 4.74 Å². The van der Waals surface area contributed by atoms with Gasteiger partial charge in [0.2, 0.25) is 0 Å². The highest BCUT2D eigenvalue weighted by molar-refractivity contribution is 7.80. The number of hydrogen-bond acceptors (Lipinski definition) is 7. The van der Waals surface area contributed by atoms with Crippen LogP contribution in [0.2, 0.25) is 0 Å². The number of nitro groups is 1. The van der Waals surface area contributed by atoms with E-state index in [1.165, 1.54) is 30.6 Å². The molecule has 10 heteroatoms. The third-order valence-corrected chi connectivity index (χ3v) is 5.45. The van der Waals surface area contributed by atoms with Crippen LogP contribution >= 0.6 is 23.6 Å². The van der Waals surface area contributed by atoms with Crippen LogP contribution in [0, 0.1) is 10.1 Å². The number of carbonyl (C=O) groups is 1. The van der Waals surface area contributed by atoms with Gasteiger partial charge in [-0.2, -0.15) is 0 Å². The van der Waals surface area contributed by atoms with E-state index in [4.69, 9.17) is 21.7 Å². The molecule has 31 heavy (non-hydrogen) atoms. The SMILES string of the molecule is CCOc1ccc(NC(=S)Nc2sc(-c3ccccc3)cc2C(=O)OC)c([N+](=O)[O-])c1. The van der Waals surface area contributed by atoms with Gasteiger partial charge >= 0.3 is 5.97 Å². The molecule has 2 N–H and O–H groups in total. The molecule has 0 aliphatic rings. The zero-order chi connectivity index (χ0) is 22.4. The Morgan fingerprint density at radius 1 is 1.16 bits per heavy atom. The Bertz CT molecular complexity index is 1120. The lowest BCUT2D eigenvalue weighted by molar-refractivity contribution is -0.384. The third-order valence-electron chi connectivity index (χ3n) is 4.15. The number of carbonyl (C=O) groups excluding carboxylic acids is 1. The second-order valence-corrected chi connectivity index (χ2v) is 7.62. The Kier molecular flexibility index (Phi) is 7.16. The van der Waals surface area contributed by atoms with Crippen molar-refractivity contribution >= 4 is 51.0 Å². The van der Waals surface area contributed by atoms with Gasteiger partial charge in [-0.15, -0.1) is 11.3 Å². The molecule has 0 amide bonds. The highest BCUT2D eigenvalue weighted by Crippen LogP contribution is 2.36. The van der Waals surface area contributed by atoms with Crippen molar-refractivity contribution in [2.75, 3.05) is 24.4 Å². The molecular formula is C21H19N3O5S2. The van der Waals surface area contributed by atoms with Gasteiger partial charge < -0.3 is 20.1 Å². The van der Waals surface area contributed by atoms with Crippen LogP contribution in [-0.4, -0.2) is 29.7 Å². The third kappa shape index (κ3) is 5.36. The Hall–Kier alpha value is -3.50. The molecule has 3 rings (SSSR count). The van der Waals surface area contributed by atoms with E-state index in [0.717, 1.165) is 10.4 Å². The van der Waals surface area contributed by atoms with Crippen LogP contribution in [0.5, 0.6) is 5.75 Å². The second-order valence-electron chi connectivity index (χ2n) is 6.16. The number of hydrogen-bond donors (Lipinski definition) is 2. The molecule has 160 valence electrons. The van der Waals surface area contributed by atoms with E-state index in [0.29, 0.717) is 22.9 Å². The normalized spacial score (nSPS) is 10.3. The Morgan fingerprint density at radius 2 is 1.90 bits per heavy atom. The van der Waals surface area contributed by atoms with Crippen LogP contribution in [0.3, 0.4) is 0 Å². The van der Waals surface area contributed by atoms with E-state index < -0.39 is 10.9 Å². The monoisotopic (exact) mass is 457 g/mol. The van der Waals surface area contributed by atoms with Crippen LogP contribution < -0.4 is 15.4 Å². The summed E-state index contributed by atoms with van der Waals surface area (Å²) in [7, 11) is 1.30. The van der Waals surface area contributed by atoms with Crippen molar-refractivity contribution in [2.24, 2.45) is 0 Å². The molecule has 1 heterocycles. The van der Waals surface area contributed by atoms with E-state index in [1.54, 1.807) is 19.1 Å². The van der Waals surface area contributed by atoms with Crippen molar-refractivity contribution in [1.82, 2.24) is 0 Å². The molecule has 0 saturated carbocycles. The first kappa shape index (κ1) is 22.2. The van der Waals surface area contributed by atoms with Gasteiger partial charge in [-0.05, 0) is 42.9 Å². The molecule has 0 aliphatic heterocycles. The van der Waals surface area contributed by atoms with Crippen LogP contribution in [0.1, 0.15) is 17.3 Å². The number of thiophene rings is 1. The summed E-state index contributed by atoms with van der Waals surface area (Å²) in [6.07, 6.45) is 0. The largest absolute Gasteiger partial charge is 0.494 e. The Balaban J connectivity index is 1.86. The van der Waals surface area contributed by atoms with Crippen LogP contribution in [0.25, 0.3) is 10.4 Å². The average molecular weight is 458 g/mol. The predicted molar refractivity (Wildman–Crippen MR) is 125 cm³/mol. The summed E-state index contributed by atoms with van der Waals surface area (Å²) in [5, 5.41) is 17.8. The molecular weight excluding hydrogens is 438 g/mol. The minimum atomic E-state index is -0.522. The summed E-state index contributed by atoms with van der Waals surface area (Å²) in [4.78, 5) is 24.0. The topological polar surface area (TPSA) is 103 Å². The number of thiocarbonyl (C=S) groups is 1. The molecule has 0 fully saturated rings. The summed E-state index contributed by atoms with van der Waals surface area (Å²) in [6, 6.07) is 15.7. The number of nitrogens with zero attached hydrogens (tertiary/aromatic N) is 1. The summed E-state index contributed by atoms with van der Waals surface area (Å²) in [5.74, 6) is -0.131. The van der Waals surface area contributed by atoms with Crippen molar-refractivity contribution in [2.45, 2.75) is 6.92 Å². The van der Waals surface area contributed by atoms with Crippen molar-refractivity contribution in [1.29, 1.82) is 0 Å². The molecule has 0 atom stereocenters. The van der Waals surface area contributed by atoms with Gasteiger partial charge in [0.05, 0.1) is 30.3 Å². The van der Waals surface area contributed by atoms with Crippen molar-refractivity contribution < 1.29 is 19.2 Å². The molecule has 1 aromatic heterocycles. The summed E-state index contributed by atoms with van der Waals surface area (Å²) in [5.41, 5.74) is 1.27. The zero-order valence-corrected chi connectivity index (χ0v) is 18.3. The molecule has 0 radical (unpaired) electrons. The molecule has 0 bridgehead atoms. The number of nitrogens with one attached hydrogen (secondary N) is 2. The predicted octanol–water partition coefficient (Wildman–Crippen LogP) is 5.32. The number of ether oxygens (including phenoxy) is 2. The Labute approximate surface area is 188 Å². The van der Waals surface area contributed by atoms with Crippen molar-refractivity contribution in [3.63, 3.8) is 0 Å². The second kappa shape index (κ2) is 10.0.